The minimum atomic E-state index is 0.468. The van der Waals surface area contributed by atoms with Crippen LogP contribution in [0.2, 0.25) is 5.02 Å². The van der Waals surface area contributed by atoms with Crippen LogP contribution in [0.5, 0.6) is 11.5 Å². The van der Waals surface area contributed by atoms with Gasteiger partial charge in [-0.15, -0.1) is 0 Å². The van der Waals surface area contributed by atoms with E-state index in [1.54, 1.807) is 0 Å². The van der Waals surface area contributed by atoms with E-state index in [0.29, 0.717) is 24.3 Å². The summed E-state index contributed by atoms with van der Waals surface area (Å²) in [4.78, 5) is 0. The first-order valence-electron chi connectivity index (χ1n) is 7.10. The largest absolute Gasteiger partial charge is 0.486 e. The minimum absolute atomic E-state index is 0.468. The van der Waals surface area contributed by atoms with Gasteiger partial charge in [0.2, 0.25) is 0 Å². The van der Waals surface area contributed by atoms with Crippen LogP contribution in [0.25, 0.3) is 0 Å². The Morgan fingerprint density at radius 3 is 2.26 bits per heavy atom. The molecule has 1 N–H and O–H groups in total. The van der Waals surface area contributed by atoms with Gasteiger partial charge in [-0.25, -0.2) is 0 Å². The van der Waals surface area contributed by atoms with Gasteiger partial charge < -0.3 is 14.8 Å². The van der Waals surface area contributed by atoms with Crippen LogP contribution < -0.4 is 14.8 Å². The van der Waals surface area contributed by atoms with Crippen molar-refractivity contribution in [2.24, 2.45) is 0 Å². The monoisotopic (exact) mass is 283 g/mol. The fourth-order valence-corrected chi connectivity index (χ4v) is 2.59. The molecule has 0 radical (unpaired) electrons. The highest BCUT2D eigenvalue weighted by molar-refractivity contribution is 6.33. The Kier molecular flexibility index (Phi) is 5.20. The second-order valence-corrected chi connectivity index (χ2v) is 5.30. The lowest BCUT2D eigenvalue weighted by molar-refractivity contribution is 0.171. The van der Waals surface area contributed by atoms with E-state index in [1.165, 1.54) is 12.8 Å². The lowest BCUT2D eigenvalue weighted by atomic mass is 10.1. The Balaban J connectivity index is 2.14. The first-order valence-corrected chi connectivity index (χ1v) is 7.48. The number of nitrogens with one attached hydrogen (secondary N) is 1. The molecule has 4 heteroatoms. The number of anilines is 1. The number of ether oxygens (including phenoxy) is 2. The van der Waals surface area contributed by atoms with Gasteiger partial charge in [0, 0.05) is 18.2 Å². The molecule has 0 unspecified atom stereocenters. The molecule has 106 valence electrons. The first kappa shape index (κ1) is 14.3. The number of rotatable bonds is 6. The van der Waals surface area contributed by atoms with Crippen LogP contribution in [0.15, 0.2) is 12.1 Å². The van der Waals surface area contributed by atoms with Gasteiger partial charge in [-0.1, -0.05) is 38.3 Å². The number of hydrogen-bond donors (Lipinski definition) is 1. The maximum absolute atomic E-state index is 6.31. The third-order valence-electron chi connectivity index (χ3n) is 3.27. The highest BCUT2D eigenvalue weighted by Gasteiger charge is 2.16. The molecule has 0 saturated heterocycles. The van der Waals surface area contributed by atoms with Crippen LogP contribution in [-0.2, 0) is 0 Å². The first-order chi connectivity index (χ1) is 9.24. The summed E-state index contributed by atoms with van der Waals surface area (Å²) < 4.78 is 11.1. The molecule has 2 rings (SSSR count). The Morgan fingerprint density at radius 1 is 1.11 bits per heavy atom. The van der Waals surface area contributed by atoms with Crippen LogP contribution in [0.1, 0.15) is 39.5 Å². The zero-order chi connectivity index (χ0) is 13.7. The minimum Gasteiger partial charge on any atom is -0.486 e. The van der Waals surface area contributed by atoms with Crippen LogP contribution in [0.4, 0.5) is 5.69 Å². The fraction of sp³-hybridized carbons (Fsp3) is 0.600. The van der Waals surface area contributed by atoms with Gasteiger partial charge >= 0.3 is 0 Å². The molecule has 1 aliphatic rings. The van der Waals surface area contributed by atoms with E-state index in [-0.39, 0.29) is 0 Å². The standard InChI is InChI=1S/C15H22ClNO2/c1-3-5-11(6-4-2)17-13-10-15-14(9-12(13)16)18-7-8-19-15/h9-11,17H,3-8H2,1-2H3. The van der Waals surface area contributed by atoms with Gasteiger partial charge in [0.25, 0.3) is 0 Å². The molecule has 3 nitrogen and oxygen atoms in total. The highest BCUT2D eigenvalue weighted by Crippen LogP contribution is 2.38. The Morgan fingerprint density at radius 2 is 1.68 bits per heavy atom. The van der Waals surface area contributed by atoms with Gasteiger partial charge in [-0.05, 0) is 12.8 Å². The topological polar surface area (TPSA) is 30.5 Å². The molecule has 0 aliphatic carbocycles. The fourth-order valence-electron chi connectivity index (χ4n) is 2.38. The maximum Gasteiger partial charge on any atom is 0.163 e. The smallest absolute Gasteiger partial charge is 0.163 e. The third-order valence-corrected chi connectivity index (χ3v) is 3.58. The van der Waals surface area contributed by atoms with Gasteiger partial charge in [0.05, 0.1) is 10.7 Å². The molecular formula is C15H22ClNO2. The molecule has 0 bridgehead atoms. The van der Waals surface area contributed by atoms with E-state index in [0.717, 1.165) is 30.0 Å². The SMILES string of the molecule is CCCC(CCC)Nc1cc2c(cc1Cl)OCCO2. The number of hydrogen-bond acceptors (Lipinski definition) is 3. The average molecular weight is 284 g/mol. The molecule has 1 heterocycles. The molecule has 0 amide bonds. The predicted molar refractivity (Wildman–Crippen MR) is 79.7 cm³/mol. The summed E-state index contributed by atoms with van der Waals surface area (Å²) in [5, 5.41) is 4.23. The lowest BCUT2D eigenvalue weighted by Crippen LogP contribution is -2.20. The van der Waals surface area contributed by atoms with Crippen LogP contribution in [0.3, 0.4) is 0 Å². The second kappa shape index (κ2) is 6.90. The van der Waals surface area contributed by atoms with Crippen molar-refractivity contribution in [1.29, 1.82) is 0 Å². The molecule has 1 aliphatic heterocycles. The number of benzene rings is 1. The normalized spacial score (nSPS) is 13.7. The summed E-state index contributed by atoms with van der Waals surface area (Å²) in [6, 6.07) is 4.26. The zero-order valence-electron chi connectivity index (χ0n) is 11.7. The summed E-state index contributed by atoms with van der Waals surface area (Å²) in [5.41, 5.74) is 0.942. The van der Waals surface area contributed by atoms with Gasteiger partial charge in [-0.3, -0.25) is 0 Å². The molecule has 0 saturated carbocycles. The quantitative estimate of drug-likeness (QED) is 0.834. The van der Waals surface area contributed by atoms with Crippen molar-refractivity contribution < 1.29 is 9.47 Å². The maximum atomic E-state index is 6.31. The van der Waals surface area contributed by atoms with Crippen molar-refractivity contribution in [1.82, 2.24) is 0 Å². The van der Waals surface area contributed by atoms with Crippen molar-refractivity contribution in [2.75, 3.05) is 18.5 Å². The summed E-state index contributed by atoms with van der Waals surface area (Å²) in [7, 11) is 0. The molecule has 19 heavy (non-hydrogen) atoms. The highest BCUT2D eigenvalue weighted by atomic mass is 35.5. The number of halogens is 1. The van der Waals surface area contributed by atoms with Crippen molar-refractivity contribution in [3.63, 3.8) is 0 Å². The van der Waals surface area contributed by atoms with E-state index < -0.39 is 0 Å². The van der Waals surface area contributed by atoms with E-state index >= 15 is 0 Å². The third kappa shape index (κ3) is 3.69. The number of fused-ring (bicyclic) bond motifs is 1. The van der Waals surface area contributed by atoms with Gasteiger partial charge in [-0.2, -0.15) is 0 Å². The second-order valence-electron chi connectivity index (χ2n) is 4.89. The van der Waals surface area contributed by atoms with Crippen molar-refractivity contribution in [3.8, 4) is 11.5 Å². The molecule has 0 fully saturated rings. The zero-order valence-corrected chi connectivity index (χ0v) is 12.4. The predicted octanol–water partition coefficient (Wildman–Crippen LogP) is 4.49. The Labute approximate surface area is 120 Å². The summed E-state index contributed by atoms with van der Waals surface area (Å²) in [6.07, 6.45) is 4.64. The Hall–Kier alpha value is -1.09. The van der Waals surface area contributed by atoms with E-state index in [1.807, 2.05) is 12.1 Å². The molecular weight excluding hydrogens is 262 g/mol. The van der Waals surface area contributed by atoms with Crippen molar-refractivity contribution in [3.05, 3.63) is 17.2 Å². The average Bonchev–Trinajstić information content (AvgIpc) is 2.40. The van der Waals surface area contributed by atoms with Crippen molar-refractivity contribution in [2.45, 2.75) is 45.6 Å². The van der Waals surface area contributed by atoms with Gasteiger partial charge in [0.15, 0.2) is 11.5 Å². The molecule has 0 aromatic heterocycles. The van der Waals surface area contributed by atoms with Crippen molar-refractivity contribution >= 4 is 17.3 Å². The summed E-state index contributed by atoms with van der Waals surface area (Å²) in [6.45, 7) is 5.59. The van der Waals surface area contributed by atoms with Crippen LogP contribution in [-0.4, -0.2) is 19.3 Å². The summed E-state index contributed by atoms with van der Waals surface area (Å²) >= 11 is 6.31. The molecule has 1 aromatic carbocycles. The van der Waals surface area contributed by atoms with E-state index in [9.17, 15) is 0 Å². The Bertz CT molecular complexity index is 417. The molecule has 0 atom stereocenters. The molecule has 0 spiro atoms. The van der Waals surface area contributed by atoms with Crippen LogP contribution in [0, 0.1) is 0 Å². The van der Waals surface area contributed by atoms with Crippen LogP contribution >= 0.6 is 11.6 Å². The lowest BCUT2D eigenvalue weighted by Gasteiger charge is -2.23. The van der Waals surface area contributed by atoms with E-state index in [4.69, 9.17) is 21.1 Å². The summed E-state index contributed by atoms with van der Waals surface area (Å²) in [5.74, 6) is 1.52. The van der Waals surface area contributed by atoms with Gasteiger partial charge in [0.1, 0.15) is 13.2 Å². The molecule has 1 aromatic rings. The van der Waals surface area contributed by atoms with E-state index in [2.05, 4.69) is 19.2 Å².